The molecule has 2 saturated heterocycles. The molecule has 2 aliphatic heterocycles. The molecule has 2 amide bonds. The lowest BCUT2D eigenvalue weighted by molar-refractivity contribution is 0.173. The molecule has 0 saturated carbocycles. The molecule has 39 heavy (non-hydrogen) atoms. The molecule has 3 aromatic rings. The van der Waals surface area contributed by atoms with Crippen LogP contribution in [0.3, 0.4) is 0 Å². The zero-order valence-corrected chi connectivity index (χ0v) is 23.3. The van der Waals surface area contributed by atoms with Crippen LogP contribution in [0.2, 0.25) is 0 Å². The van der Waals surface area contributed by atoms with Gasteiger partial charge in [-0.15, -0.1) is 0 Å². The Morgan fingerprint density at radius 1 is 1.05 bits per heavy atom. The van der Waals surface area contributed by atoms with Crippen LogP contribution in [0.1, 0.15) is 46.1 Å². The van der Waals surface area contributed by atoms with E-state index in [9.17, 15) is 10.1 Å². The first-order chi connectivity index (χ1) is 18.8. The summed E-state index contributed by atoms with van der Waals surface area (Å²) in [6, 6.07) is 15.0. The standard InChI is InChI=1S/C30H38N8O/c1-20(2)34-24-11-14-36(15-12-24)28-10-8-25(17-33-28)35-30(39)38-19-21(3)37(18-22(38)4)27-9-7-23(16-31)29-26(27)6-5-13-32-29/h5-10,13,17,20-22,24,34H,11-12,14-15,18-19H2,1-4H3,(H,35,39)/t21-,22+/m0/s1. The maximum atomic E-state index is 13.3. The maximum Gasteiger partial charge on any atom is 0.322 e. The van der Waals surface area contributed by atoms with E-state index in [1.807, 2.05) is 41.3 Å². The van der Waals surface area contributed by atoms with Gasteiger partial charge in [-0.2, -0.15) is 5.26 Å². The third kappa shape index (κ3) is 5.76. The van der Waals surface area contributed by atoms with Gasteiger partial charge in [-0.1, -0.05) is 13.8 Å². The molecular weight excluding hydrogens is 488 g/mol. The second-order valence-corrected chi connectivity index (χ2v) is 11.1. The van der Waals surface area contributed by atoms with Crippen LogP contribution >= 0.6 is 0 Å². The number of benzene rings is 1. The fraction of sp³-hybridized carbons (Fsp3) is 0.467. The van der Waals surface area contributed by atoms with Gasteiger partial charge in [-0.3, -0.25) is 4.98 Å². The SMILES string of the molecule is CC(C)NC1CCN(c2ccc(NC(=O)N3C[C@H](C)N(c4ccc(C#N)c5ncccc45)C[C@H]3C)cn2)CC1. The van der Waals surface area contributed by atoms with E-state index in [0.717, 1.165) is 42.8 Å². The lowest BCUT2D eigenvalue weighted by Crippen LogP contribution is -2.59. The average molecular weight is 527 g/mol. The Bertz CT molecular complexity index is 1340. The van der Waals surface area contributed by atoms with Crippen LogP contribution in [-0.2, 0) is 0 Å². The fourth-order valence-corrected chi connectivity index (χ4v) is 5.83. The van der Waals surface area contributed by atoms with Gasteiger partial charge in [-0.25, -0.2) is 9.78 Å². The molecule has 2 N–H and O–H groups in total. The molecule has 2 aromatic heterocycles. The number of anilines is 3. The second-order valence-electron chi connectivity index (χ2n) is 11.1. The van der Waals surface area contributed by atoms with Crippen molar-refractivity contribution in [1.29, 1.82) is 5.26 Å². The van der Waals surface area contributed by atoms with Crippen molar-refractivity contribution < 1.29 is 4.79 Å². The van der Waals surface area contributed by atoms with E-state index in [0.29, 0.717) is 41.9 Å². The minimum Gasteiger partial charge on any atom is -0.364 e. The number of carbonyl (C=O) groups is 1. The van der Waals surface area contributed by atoms with Crippen molar-refractivity contribution >= 4 is 34.1 Å². The fourth-order valence-electron chi connectivity index (χ4n) is 5.83. The Morgan fingerprint density at radius 2 is 1.85 bits per heavy atom. The third-order valence-corrected chi connectivity index (χ3v) is 7.81. The first kappa shape index (κ1) is 26.7. The predicted octanol–water partition coefficient (Wildman–Crippen LogP) is 4.60. The zero-order valence-electron chi connectivity index (χ0n) is 23.3. The van der Waals surface area contributed by atoms with E-state index in [2.05, 4.69) is 64.2 Å². The highest BCUT2D eigenvalue weighted by molar-refractivity contribution is 5.95. The molecule has 4 heterocycles. The number of hydrogen-bond donors (Lipinski definition) is 2. The minimum absolute atomic E-state index is 0.00320. The third-order valence-electron chi connectivity index (χ3n) is 7.81. The molecule has 0 unspecified atom stereocenters. The van der Waals surface area contributed by atoms with Crippen molar-refractivity contribution in [3.05, 3.63) is 54.4 Å². The van der Waals surface area contributed by atoms with Gasteiger partial charge in [0.1, 0.15) is 11.9 Å². The second kappa shape index (κ2) is 11.5. The summed E-state index contributed by atoms with van der Waals surface area (Å²) in [5, 5.41) is 17.1. The van der Waals surface area contributed by atoms with Crippen molar-refractivity contribution in [2.24, 2.45) is 0 Å². The first-order valence-electron chi connectivity index (χ1n) is 13.9. The highest BCUT2D eigenvalue weighted by Crippen LogP contribution is 2.32. The Hall–Kier alpha value is -3.90. The lowest BCUT2D eigenvalue weighted by Gasteiger charge is -2.45. The zero-order chi connectivity index (χ0) is 27.5. The van der Waals surface area contributed by atoms with Crippen LogP contribution in [0.25, 0.3) is 10.9 Å². The lowest BCUT2D eigenvalue weighted by atomic mass is 10.0. The number of urea groups is 1. The Morgan fingerprint density at radius 3 is 2.54 bits per heavy atom. The summed E-state index contributed by atoms with van der Waals surface area (Å²) in [5.74, 6) is 0.954. The number of nitriles is 1. The highest BCUT2D eigenvalue weighted by Gasteiger charge is 2.33. The van der Waals surface area contributed by atoms with Crippen molar-refractivity contribution in [3.63, 3.8) is 0 Å². The molecule has 5 rings (SSSR count). The Labute approximate surface area is 230 Å². The monoisotopic (exact) mass is 526 g/mol. The van der Waals surface area contributed by atoms with Crippen LogP contribution in [0, 0.1) is 11.3 Å². The van der Waals surface area contributed by atoms with E-state index < -0.39 is 0 Å². The van der Waals surface area contributed by atoms with Gasteiger partial charge in [0.2, 0.25) is 0 Å². The number of piperazine rings is 1. The van der Waals surface area contributed by atoms with Crippen LogP contribution < -0.4 is 20.4 Å². The Balaban J connectivity index is 1.21. The van der Waals surface area contributed by atoms with Gasteiger partial charge in [0, 0.05) is 67.6 Å². The van der Waals surface area contributed by atoms with Crippen molar-refractivity contribution in [2.75, 3.05) is 41.3 Å². The van der Waals surface area contributed by atoms with Gasteiger partial charge >= 0.3 is 6.03 Å². The number of aromatic nitrogens is 2. The molecule has 2 fully saturated rings. The molecule has 0 aliphatic carbocycles. The number of pyridine rings is 2. The van der Waals surface area contributed by atoms with Gasteiger partial charge < -0.3 is 25.3 Å². The quantitative estimate of drug-likeness (QED) is 0.501. The maximum absolute atomic E-state index is 13.3. The van der Waals surface area contributed by atoms with E-state index in [1.165, 1.54) is 0 Å². The Kier molecular flexibility index (Phi) is 7.84. The molecule has 2 atom stereocenters. The largest absolute Gasteiger partial charge is 0.364 e. The number of piperidine rings is 1. The summed E-state index contributed by atoms with van der Waals surface area (Å²) in [7, 11) is 0. The summed E-state index contributed by atoms with van der Waals surface area (Å²) in [4.78, 5) is 28.9. The summed E-state index contributed by atoms with van der Waals surface area (Å²) >= 11 is 0. The van der Waals surface area contributed by atoms with Crippen LogP contribution in [0.4, 0.5) is 22.0 Å². The van der Waals surface area contributed by atoms with Gasteiger partial charge in [-0.05, 0) is 63.1 Å². The average Bonchev–Trinajstić information content (AvgIpc) is 2.94. The molecule has 1 aromatic carbocycles. The number of nitrogens with one attached hydrogen (secondary N) is 2. The number of amides is 2. The number of hydrogen-bond acceptors (Lipinski definition) is 7. The molecule has 2 aliphatic rings. The van der Waals surface area contributed by atoms with E-state index in [4.69, 9.17) is 0 Å². The van der Waals surface area contributed by atoms with Crippen molar-refractivity contribution in [2.45, 2.75) is 64.7 Å². The minimum atomic E-state index is -0.115. The van der Waals surface area contributed by atoms with Gasteiger partial charge in [0.05, 0.1) is 23.0 Å². The van der Waals surface area contributed by atoms with E-state index in [1.54, 1.807) is 12.4 Å². The number of carbonyl (C=O) groups excluding carboxylic acids is 1. The van der Waals surface area contributed by atoms with Crippen LogP contribution in [0.15, 0.2) is 48.8 Å². The molecule has 0 bridgehead atoms. The summed E-state index contributed by atoms with van der Waals surface area (Å²) in [5.41, 5.74) is 3.03. The topological polar surface area (TPSA) is 100 Å². The van der Waals surface area contributed by atoms with Gasteiger partial charge in [0.15, 0.2) is 0 Å². The summed E-state index contributed by atoms with van der Waals surface area (Å²) in [6.07, 6.45) is 5.69. The molecule has 9 nitrogen and oxygen atoms in total. The van der Waals surface area contributed by atoms with E-state index in [-0.39, 0.29) is 18.1 Å². The molecular formula is C30H38N8O. The van der Waals surface area contributed by atoms with Crippen molar-refractivity contribution in [3.8, 4) is 6.07 Å². The molecule has 9 heteroatoms. The normalized spacial score (nSPS) is 20.4. The van der Waals surface area contributed by atoms with Crippen molar-refractivity contribution in [1.82, 2.24) is 20.2 Å². The predicted molar refractivity (Wildman–Crippen MR) is 156 cm³/mol. The smallest absolute Gasteiger partial charge is 0.322 e. The summed E-state index contributed by atoms with van der Waals surface area (Å²) in [6.45, 7) is 11.8. The first-order valence-corrected chi connectivity index (χ1v) is 13.9. The number of rotatable bonds is 5. The molecule has 204 valence electrons. The number of nitrogens with zero attached hydrogens (tertiary/aromatic N) is 6. The van der Waals surface area contributed by atoms with Gasteiger partial charge in [0.25, 0.3) is 0 Å². The van der Waals surface area contributed by atoms with Crippen LogP contribution in [-0.4, -0.2) is 71.2 Å². The summed E-state index contributed by atoms with van der Waals surface area (Å²) < 4.78 is 0. The highest BCUT2D eigenvalue weighted by atomic mass is 16.2. The number of fused-ring (bicyclic) bond motifs is 1. The van der Waals surface area contributed by atoms with Crippen LogP contribution in [0.5, 0.6) is 0 Å². The van der Waals surface area contributed by atoms with E-state index >= 15 is 0 Å². The molecule has 0 spiro atoms. The molecule has 0 radical (unpaired) electrons.